The van der Waals surface area contributed by atoms with Crippen molar-refractivity contribution in [2.45, 2.75) is 52.5 Å². The Balaban J connectivity index is 2.65. The van der Waals surface area contributed by atoms with Gasteiger partial charge in [0.15, 0.2) is 5.84 Å². The minimum absolute atomic E-state index is 0.0570. The zero-order valence-corrected chi connectivity index (χ0v) is 10.9. The van der Waals surface area contributed by atoms with E-state index in [1.165, 1.54) is 6.42 Å². The molecule has 4 N–H and O–H groups in total. The van der Waals surface area contributed by atoms with Crippen molar-refractivity contribution in [1.82, 2.24) is 5.32 Å². The molecule has 0 aromatic rings. The number of rotatable bonds is 3. The number of nitrogens with one attached hydrogen (secondary N) is 1. The Kier molecular flexibility index (Phi) is 4.37. The van der Waals surface area contributed by atoms with E-state index in [-0.39, 0.29) is 17.8 Å². The number of amides is 1. The predicted octanol–water partition coefficient (Wildman–Crippen LogP) is 1.45. The third-order valence-corrected chi connectivity index (χ3v) is 3.74. The number of hydrogen-bond acceptors (Lipinski definition) is 3. The Morgan fingerprint density at radius 1 is 1.41 bits per heavy atom. The largest absolute Gasteiger partial charge is 0.409 e. The van der Waals surface area contributed by atoms with E-state index in [0.717, 1.165) is 19.3 Å². The third-order valence-electron chi connectivity index (χ3n) is 3.74. The topological polar surface area (TPSA) is 87.7 Å². The van der Waals surface area contributed by atoms with E-state index in [1.807, 2.05) is 0 Å². The summed E-state index contributed by atoms with van der Waals surface area (Å²) < 4.78 is 0. The summed E-state index contributed by atoms with van der Waals surface area (Å²) in [6.45, 7) is 5.47. The second-order valence-electron chi connectivity index (χ2n) is 5.45. The van der Waals surface area contributed by atoms with Crippen LogP contribution in [0.2, 0.25) is 0 Å². The van der Waals surface area contributed by atoms with Crippen LogP contribution >= 0.6 is 0 Å². The predicted molar refractivity (Wildman–Crippen MR) is 66.8 cm³/mol. The molecular formula is C12H23N3O2. The second-order valence-corrected chi connectivity index (χ2v) is 5.45. The Morgan fingerprint density at radius 3 is 2.53 bits per heavy atom. The average molecular weight is 241 g/mol. The summed E-state index contributed by atoms with van der Waals surface area (Å²) in [6, 6.07) is 0.210. The van der Waals surface area contributed by atoms with Gasteiger partial charge in [-0.05, 0) is 32.6 Å². The number of oxime groups is 1. The maximum absolute atomic E-state index is 12.1. The molecule has 1 amide bonds. The first-order valence-electron chi connectivity index (χ1n) is 6.18. The van der Waals surface area contributed by atoms with Crippen LogP contribution < -0.4 is 11.1 Å². The Bertz CT molecular complexity index is 313. The summed E-state index contributed by atoms with van der Waals surface area (Å²) in [6.07, 6.45) is 4.55. The van der Waals surface area contributed by atoms with E-state index in [2.05, 4.69) is 17.4 Å². The van der Waals surface area contributed by atoms with Crippen LogP contribution in [0, 0.1) is 11.3 Å². The second kappa shape index (κ2) is 5.38. The first-order chi connectivity index (χ1) is 7.89. The lowest BCUT2D eigenvalue weighted by Crippen LogP contribution is -2.51. The lowest BCUT2D eigenvalue weighted by Gasteiger charge is -2.32. The molecule has 5 nitrogen and oxygen atoms in total. The summed E-state index contributed by atoms with van der Waals surface area (Å²) >= 11 is 0. The van der Waals surface area contributed by atoms with Crippen molar-refractivity contribution in [1.29, 1.82) is 0 Å². The number of nitrogens with two attached hydrogens (primary N) is 1. The van der Waals surface area contributed by atoms with E-state index in [1.54, 1.807) is 13.8 Å². The molecule has 0 spiro atoms. The first kappa shape index (κ1) is 13.8. The maximum Gasteiger partial charge on any atom is 0.233 e. The van der Waals surface area contributed by atoms with Gasteiger partial charge in [0.1, 0.15) is 5.41 Å². The minimum Gasteiger partial charge on any atom is -0.409 e. The quantitative estimate of drug-likeness (QED) is 0.302. The molecular weight excluding hydrogens is 218 g/mol. The van der Waals surface area contributed by atoms with Gasteiger partial charge in [-0.25, -0.2) is 0 Å². The van der Waals surface area contributed by atoms with Crippen LogP contribution in [0.5, 0.6) is 0 Å². The Morgan fingerprint density at radius 2 is 2.00 bits per heavy atom. The third kappa shape index (κ3) is 3.11. The number of carbonyl (C=O) groups is 1. The molecule has 1 fully saturated rings. The SMILES string of the molecule is CC1CCCCC1NC(=O)C(C)(C)C(N)=NO. The zero-order chi connectivity index (χ0) is 13.1. The highest BCUT2D eigenvalue weighted by Crippen LogP contribution is 2.25. The van der Waals surface area contributed by atoms with Crippen LogP contribution in [0.4, 0.5) is 0 Å². The molecule has 0 bridgehead atoms. The fourth-order valence-corrected chi connectivity index (χ4v) is 2.12. The maximum atomic E-state index is 12.1. The van der Waals surface area contributed by atoms with Crippen LogP contribution in [-0.2, 0) is 4.79 Å². The first-order valence-corrected chi connectivity index (χ1v) is 6.18. The number of amidine groups is 1. The molecule has 1 aliphatic rings. The van der Waals surface area contributed by atoms with Crippen LogP contribution in [0.1, 0.15) is 46.5 Å². The minimum atomic E-state index is -0.966. The monoisotopic (exact) mass is 241 g/mol. The number of nitrogens with zero attached hydrogens (tertiary/aromatic N) is 1. The zero-order valence-electron chi connectivity index (χ0n) is 10.9. The van der Waals surface area contributed by atoms with Crippen LogP contribution in [0.15, 0.2) is 5.16 Å². The van der Waals surface area contributed by atoms with Crippen molar-refractivity contribution >= 4 is 11.7 Å². The standard InChI is InChI=1S/C12H23N3O2/c1-8-6-4-5-7-9(8)14-11(16)12(2,3)10(13)15-17/h8-9,17H,4-7H2,1-3H3,(H2,13,15)(H,14,16). The number of carbonyl (C=O) groups excluding carboxylic acids is 1. The highest BCUT2D eigenvalue weighted by molar-refractivity contribution is 6.05. The molecule has 2 atom stereocenters. The molecule has 17 heavy (non-hydrogen) atoms. The van der Waals surface area contributed by atoms with Crippen LogP contribution in [-0.4, -0.2) is 23.0 Å². The van der Waals surface area contributed by atoms with Crippen molar-refractivity contribution in [2.75, 3.05) is 0 Å². The van der Waals surface area contributed by atoms with Gasteiger partial charge in [-0.15, -0.1) is 0 Å². The highest BCUT2D eigenvalue weighted by Gasteiger charge is 2.35. The molecule has 0 radical (unpaired) electrons. The van der Waals surface area contributed by atoms with Crippen molar-refractivity contribution in [3.63, 3.8) is 0 Å². The Labute approximate surface area is 102 Å². The van der Waals surface area contributed by atoms with Gasteiger partial charge in [-0.3, -0.25) is 4.79 Å². The highest BCUT2D eigenvalue weighted by atomic mass is 16.4. The molecule has 2 unspecified atom stereocenters. The summed E-state index contributed by atoms with van der Waals surface area (Å²) in [4.78, 5) is 12.1. The smallest absolute Gasteiger partial charge is 0.233 e. The molecule has 1 aliphatic carbocycles. The van der Waals surface area contributed by atoms with E-state index >= 15 is 0 Å². The van der Waals surface area contributed by atoms with Gasteiger partial charge >= 0.3 is 0 Å². The van der Waals surface area contributed by atoms with Crippen molar-refractivity contribution in [3.05, 3.63) is 0 Å². The van der Waals surface area contributed by atoms with Gasteiger partial charge < -0.3 is 16.3 Å². The van der Waals surface area contributed by atoms with Gasteiger partial charge in [0, 0.05) is 6.04 Å². The van der Waals surface area contributed by atoms with E-state index in [9.17, 15) is 4.79 Å². The molecule has 98 valence electrons. The lowest BCUT2D eigenvalue weighted by molar-refractivity contribution is -0.127. The normalized spacial score (nSPS) is 26.6. The van der Waals surface area contributed by atoms with Crippen molar-refractivity contribution in [3.8, 4) is 0 Å². The fourth-order valence-electron chi connectivity index (χ4n) is 2.12. The Hall–Kier alpha value is -1.26. The molecule has 1 rings (SSSR count). The van der Waals surface area contributed by atoms with Crippen molar-refractivity contribution < 1.29 is 10.0 Å². The fraction of sp³-hybridized carbons (Fsp3) is 0.833. The summed E-state index contributed by atoms with van der Waals surface area (Å²) in [5, 5.41) is 14.6. The van der Waals surface area contributed by atoms with E-state index < -0.39 is 5.41 Å². The average Bonchev–Trinajstić information content (AvgIpc) is 2.30. The molecule has 0 aliphatic heterocycles. The van der Waals surface area contributed by atoms with Crippen LogP contribution in [0.25, 0.3) is 0 Å². The van der Waals surface area contributed by atoms with Gasteiger partial charge in [0.2, 0.25) is 5.91 Å². The molecule has 5 heteroatoms. The van der Waals surface area contributed by atoms with Crippen molar-refractivity contribution in [2.24, 2.45) is 22.2 Å². The molecule has 1 saturated carbocycles. The summed E-state index contributed by atoms with van der Waals surface area (Å²) in [5.41, 5.74) is 4.56. The molecule has 0 aromatic carbocycles. The van der Waals surface area contributed by atoms with Gasteiger partial charge in [0.05, 0.1) is 0 Å². The molecule has 0 heterocycles. The number of hydrogen-bond donors (Lipinski definition) is 3. The molecule has 0 saturated heterocycles. The van der Waals surface area contributed by atoms with E-state index in [4.69, 9.17) is 10.9 Å². The summed E-state index contributed by atoms with van der Waals surface area (Å²) in [5.74, 6) is 0.265. The van der Waals surface area contributed by atoms with Gasteiger partial charge in [-0.1, -0.05) is 24.9 Å². The van der Waals surface area contributed by atoms with Gasteiger partial charge in [0.25, 0.3) is 0 Å². The summed E-state index contributed by atoms with van der Waals surface area (Å²) in [7, 11) is 0. The molecule has 0 aromatic heterocycles. The lowest BCUT2D eigenvalue weighted by atomic mass is 9.84. The van der Waals surface area contributed by atoms with Crippen LogP contribution in [0.3, 0.4) is 0 Å². The van der Waals surface area contributed by atoms with E-state index in [0.29, 0.717) is 5.92 Å². The van der Waals surface area contributed by atoms with Gasteiger partial charge in [-0.2, -0.15) is 0 Å².